The van der Waals surface area contributed by atoms with Gasteiger partial charge in [-0.2, -0.15) is 0 Å². The van der Waals surface area contributed by atoms with Crippen LogP contribution < -0.4 is 14.8 Å². The molecule has 4 nitrogen and oxygen atoms in total. The third kappa shape index (κ3) is 3.82. The lowest BCUT2D eigenvalue weighted by molar-refractivity contribution is 0.102. The Kier molecular flexibility index (Phi) is 5.73. The monoisotopic (exact) mass is 347 g/mol. The van der Waals surface area contributed by atoms with Gasteiger partial charge in [0.05, 0.1) is 19.2 Å². The molecule has 0 heterocycles. The van der Waals surface area contributed by atoms with Crippen molar-refractivity contribution in [3.8, 4) is 11.5 Å². The maximum absolute atomic E-state index is 12.6. The first-order chi connectivity index (χ1) is 11.4. The van der Waals surface area contributed by atoms with Crippen molar-refractivity contribution in [1.29, 1.82) is 0 Å². The van der Waals surface area contributed by atoms with Crippen LogP contribution in [0, 0.1) is 6.92 Å². The lowest BCUT2D eigenvalue weighted by Gasteiger charge is -2.16. The van der Waals surface area contributed by atoms with E-state index in [-0.39, 0.29) is 11.8 Å². The third-order valence-electron chi connectivity index (χ3n) is 3.85. The van der Waals surface area contributed by atoms with Crippen molar-refractivity contribution in [3.05, 3.63) is 52.0 Å². The summed E-state index contributed by atoms with van der Waals surface area (Å²) in [6, 6.07) is 8.92. The summed E-state index contributed by atoms with van der Waals surface area (Å²) >= 11 is 6.10. The average molecular weight is 348 g/mol. The van der Waals surface area contributed by atoms with E-state index < -0.39 is 0 Å². The van der Waals surface area contributed by atoms with Crippen molar-refractivity contribution >= 4 is 23.2 Å². The van der Waals surface area contributed by atoms with Crippen LogP contribution in [0.3, 0.4) is 0 Å². The lowest BCUT2D eigenvalue weighted by Crippen LogP contribution is -2.14. The zero-order valence-electron chi connectivity index (χ0n) is 14.6. The lowest BCUT2D eigenvalue weighted by atomic mass is 9.96. The van der Waals surface area contributed by atoms with Gasteiger partial charge in [0.15, 0.2) is 0 Å². The summed E-state index contributed by atoms with van der Waals surface area (Å²) in [4.78, 5) is 12.6. The Labute approximate surface area is 147 Å². The van der Waals surface area contributed by atoms with E-state index in [1.54, 1.807) is 32.4 Å². The quantitative estimate of drug-likeness (QED) is 0.824. The Balaban J connectivity index is 2.32. The summed E-state index contributed by atoms with van der Waals surface area (Å²) in [6.07, 6.45) is 0. The van der Waals surface area contributed by atoms with Crippen molar-refractivity contribution < 1.29 is 14.3 Å². The number of nitrogens with one attached hydrogen (secondary N) is 1. The molecule has 0 bridgehead atoms. The maximum Gasteiger partial charge on any atom is 0.255 e. The number of hydrogen-bond donors (Lipinski definition) is 1. The number of aryl methyl sites for hydroxylation is 1. The van der Waals surface area contributed by atoms with Gasteiger partial charge in [-0.15, -0.1) is 0 Å². The van der Waals surface area contributed by atoms with Crippen LogP contribution >= 0.6 is 11.6 Å². The molecule has 0 aromatic heterocycles. The molecule has 5 heteroatoms. The van der Waals surface area contributed by atoms with Crippen molar-refractivity contribution in [2.24, 2.45) is 0 Å². The van der Waals surface area contributed by atoms with Crippen molar-refractivity contribution in [1.82, 2.24) is 0 Å². The van der Waals surface area contributed by atoms with E-state index in [1.807, 2.05) is 19.1 Å². The van der Waals surface area contributed by atoms with E-state index in [0.717, 1.165) is 16.9 Å². The van der Waals surface area contributed by atoms with Gasteiger partial charge in [-0.1, -0.05) is 25.4 Å². The van der Waals surface area contributed by atoms with Crippen molar-refractivity contribution in [2.45, 2.75) is 26.7 Å². The van der Waals surface area contributed by atoms with E-state index >= 15 is 0 Å². The normalized spacial score (nSPS) is 10.6. The molecule has 1 amide bonds. The number of carbonyl (C=O) groups excluding carboxylic acids is 1. The number of ether oxygens (including phenoxy) is 2. The van der Waals surface area contributed by atoms with Gasteiger partial charge in [-0.05, 0) is 54.3 Å². The van der Waals surface area contributed by atoms with Crippen LogP contribution in [0.5, 0.6) is 11.5 Å². The number of rotatable bonds is 5. The van der Waals surface area contributed by atoms with Gasteiger partial charge in [-0.25, -0.2) is 0 Å². The minimum absolute atomic E-state index is 0.182. The Morgan fingerprint density at radius 2 is 1.75 bits per heavy atom. The highest BCUT2D eigenvalue weighted by atomic mass is 35.5. The first kappa shape index (κ1) is 18.1. The molecule has 0 aliphatic carbocycles. The number of halogens is 1. The van der Waals surface area contributed by atoms with E-state index in [4.69, 9.17) is 21.1 Å². The molecule has 0 atom stereocenters. The Morgan fingerprint density at radius 1 is 1.08 bits per heavy atom. The van der Waals surface area contributed by atoms with Crippen LogP contribution in [0.2, 0.25) is 5.02 Å². The van der Waals surface area contributed by atoms with Crippen LogP contribution in [-0.4, -0.2) is 20.1 Å². The molecule has 0 aliphatic heterocycles. The van der Waals surface area contributed by atoms with Crippen molar-refractivity contribution in [3.63, 3.8) is 0 Å². The molecule has 24 heavy (non-hydrogen) atoms. The molecule has 0 unspecified atom stereocenters. The number of carbonyl (C=O) groups is 1. The van der Waals surface area contributed by atoms with Gasteiger partial charge in [-0.3, -0.25) is 4.79 Å². The fourth-order valence-electron chi connectivity index (χ4n) is 2.51. The molecule has 2 aromatic carbocycles. The third-order valence-corrected chi connectivity index (χ3v) is 4.15. The maximum atomic E-state index is 12.6. The molecule has 0 radical (unpaired) electrons. The van der Waals surface area contributed by atoms with E-state index in [1.165, 1.54) is 0 Å². The van der Waals surface area contributed by atoms with E-state index in [9.17, 15) is 4.79 Å². The topological polar surface area (TPSA) is 47.6 Å². The summed E-state index contributed by atoms with van der Waals surface area (Å²) < 4.78 is 10.5. The fourth-order valence-corrected chi connectivity index (χ4v) is 2.77. The Morgan fingerprint density at radius 3 is 2.29 bits per heavy atom. The second-order valence-electron chi connectivity index (χ2n) is 5.87. The molecule has 1 N–H and O–H groups in total. The molecule has 0 saturated carbocycles. The highest BCUT2D eigenvalue weighted by Crippen LogP contribution is 2.31. The molecular weight excluding hydrogens is 326 g/mol. The van der Waals surface area contributed by atoms with Crippen LogP contribution in [0.4, 0.5) is 5.69 Å². The smallest absolute Gasteiger partial charge is 0.255 e. The van der Waals surface area contributed by atoms with Gasteiger partial charge in [0, 0.05) is 11.3 Å². The zero-order chi connectivity index (χ0) is 17.9. The first-order valence-electron chi connectivity index (χ1n) is 7.70. The Hall–Kier alpha value is -2.20. The fraction of sp³-hybridized carbons (Fsp3) is 0.316. The second kappa shape index (κ2) is 7.58. The predicted octanol–water partition coefficient (Wildman–Crippen LogP) is 5.04. The highest BCUT2D eigenvalue weighted by molar-refractivity contribution is 6.32. The number of anilines is 1. The van der Waals surface area contributed by atoms with Crippen LogP contribution in [-0.2, 0) is 0 Å². The van der Waals surface area contributed by atoms with Crippen molar-refractivity contribution in [2.75, 3.05) is 19.5 Å². The van der Waals surface area contributed by atoms with Gasteiger partial charge >= 0.3 is 0 Å². The molecular formula is C19H22ClNO3. The summed E-state index contributed by atoms with van der Waals surface area (Å²) in [7, 11) is 3.19. The Bertz CT molecular complexity index is 757. The molecule has 0 fully saturated rings. The molecule has 128 valence electrons. The van der Waals surface area contributed by atoms with Crippen LogP contribution in [0.25, 0.3) is 0 Å². The number of hydrogen-bond acceptors (Lipinski definition) is 3. The predicted molar refractivity (Wildman–Crippen MR) is 97.8 cm³/mol. The van der Waals surface area contributed by atoms with E-state index in [0.29, 0.717) is 22.0 Å². The molecule has 0 aliphatic rings. The first-order valence-corrected chi connectivity index (χ1v) is 8.08. The minimum atomic E-state index is -0.182. The second-order valence-corrected chi connectivity index (χ2v) is 6.27. The summed E-state index contributed by atoms with van der Waals surface area (Å²) in [5.41, 5.74) is 3.09. The number of benzene rings is 2. The molecule has 0 saturated heterocycles. The standard InChI is InChI=1S/C19H22ClNO3/c1-11(2)14-10-15(12(3)8-18(14)24-5)19(22)21-13-6-7-17(23-4)16(20)9-13/h6-11H,1-5H3,(H,21,22). The van der Waals surface area contributed by atoms with E-state index in [2.05, 4.69) is 19.2 Å². The van der Waals surface area contributed by atoms with Gasteiger partial charge in [0.1, 0.15) is 11.5 Å². The average Bonchev–Trinajstić information content (AvgIpc) is 2.54. The molecule has 0 spiro atoms. The van der Waals surface area contributed by atoms with Gasteiger partial charge in [0.2, 0.25) is 0 Å². The van der Waals surface area contributed by atoms with Gasteiger partial charge in [0.25, 0.3) is 5.91 Å². The number of methoxy groups -OCH3 is 2. The largest absolute Gasteiger partial charge is 0.496 e. The summed E-state index contributed by atoms with van der Waals surface area (Å²) in [5.74, 6) is 1.43. The summed E-state index contributed by atoms with van der Waals surface area (Å²) in [5, 5.41) is 3.32. The van der Waals surface area contributed by atoms with Gasteiger partial charge < -0.3 is 14.8 Å². The highest BCUT2D eigenvalue weighted by Gasteiger charge is 2.16. The molecule has 2 aromatic rings. The summed E-state index contributed by atoms with van der Waals surface area (Å²) in [6.45, 7) is 6.03. The van der Waals surface area contributed by atoms with Crippen LogP contribution in [0.15, 0.2) is 30.3 Å². The SMILES string of the molecule is COc1ccc(NC(=O)c2cc(C(C)C)c(OC)cc2C)cc1Cl. The minimum Gasteiger partial charge on any atom is -0.496 e. The number of amides is 1. The zero-order valence-corrected chi connectivity index (χ0v) is 15.3. The van der Waals surface area contributed by atoms with Crippen LogP contribution in [0.1, 0.15) is 41.3 Å². The molecule has 2 rings (SSSR count).